The number of carbonyl (C=O) groups excluding carboxylic acids is 1. The number of benzene rings is 1. The number of hydrogen-bond acceptors (Lipinski definition) is 6. The second kappa shape index (κ2) is 9.59. The molecule has 2 aromatic heterocycles. The van der Waals surface area contributed by atoms with Crippen LogP contribution in [-0.4, -0.2) is 41.1 Å². The van der Waals surface area contributed by atoms with Gasteiger partial charge in [-0.15, -0.1) is 0 Å². The Labute approximate surface area is 167 Å². The van der Waals surface area contributed by atoms with Crippen molar-refractivity contribution in [2.45, 2.75) is 13.3 Å². The van der Waals surface area contributed by atoms with Crippen LogP contribution in [0.15, 0.2) is 48.9 Å². The Hall–Kier alpha value is -3.55. The van der Waals surface area contributed by atoms with E-state index in [0.717, 1.165) is 0 Å². The van der Waals surface area contributed by atoms with E-state index in [9.17, 15) is 9.18 Å². The molecule has 1 aromatic carbocycles. The zero-order valence-electron chi connectivity index (χ0n) is 16.2. The first-order chi connectivity index (χ1) is 14.1. The zero-order chi connectivity index (χ0) is 20.6. The molecule has 0 aliphatic rings. The highest BCUT2D eigenvalue weighted by Gasteiger charge is 2.11. The number of rotatable bonds is 8. The molecule has 0 aliphatic carbocycles. The molecule has 0 aliphatic heterocycles. The van der Waals surface area contributed by atoms with Crippen LogP contribution in [0, 0.1) is 5.82 Å². The van der Waals surface area contributed by atoms with Crippen molar-refractivity contribution in [1.82, 2.24) is 20.3 Å². The van der Waals surface area contributed by atoms with Crippen molar-refractivity contribution >= 4 is 5.91 Å². The maximum Gasteiger partial charge on any atom is 0.271 e. The molecule has 7 nitrogen and oxygen atoms in total. The summed E-state index contributed by atoms with van der Waals surface area (Å²) in [7, 11) is 1.52. The van der Waals surface area contributed by atoms with Crippen molar-refractivity contribution in [3.05, 3.63) is 66.0 Å². The third kappa shape index (κ3) is 5.25. The molecule has 29 heavy (non-hydrogen) atoms. The fourth-order valence-electron chi connectivity index (χ4n) is 2.65. The molecule has 0 saturated carbocycles. The lowest BCUT2D eigenvalue weighted by molar-refractivity contribution is 0.0948. The summed E-state index contributed by atoms with van der Waals surface area (Å²) in [5.41, 5.74) is 1.87. The Bertz CT molecular complexity index is 980. The number of nitrogens with one attached hydrogen (secondary N) is 1. The lowest BCUT2D eigenvalue weighted by Gasteiger charge is -2.08. The van der Waals surface area contributed by atoms with Crippen LogP contribution >= 0.6 is 0 Å². The fraction of sp³-hybridized carbons (Fsp3) is 0.238. The summed E-state index contributed by atoms with van der Waals surface area (Å²) in [5, 5.41) is 2.73. The Kier molecular flexibility index (Phi) is 6.67. The number of methoxy groups -OCH3 is 1. The number of amides is 1. The normalized spacial score (nSPS) is 10.4. The summed E-state index contributed by atoms with van der Waals surface area (Å²) in [6.07, 6.45) is 4.87. The second-order valence-electron chi connectivity index (χ2n) is 6.07. The van der Waals surface area contributed by atoms with Crippen LogP contribution in [0.2, 0.25) is 0 Å². The van der Waals surface area contributed by atoms with Gasteiger partial charge in [-0.3, -0.25) is 9.78 Å². The summed E-state index contributed by atoms with van der Waals surface area (Å²) in [5.74, 6) is 0.351. The molecule has 0 bridgehead atoms. The summed E-state index contributed by atoms with van der Waals surface area (Å²) in [6, 6.07) is 8.04. The van der Waals surface area contributed by atoms with E-state index in [-0.39, 0.29) is 24.0 Å². The third-order valence-corrected chi connectivity index (χ3v) is 4.12. The van der Waals surface area contributed by atoms with Gasteiger partial charge in [0.15, 0.2) is 0 Å². The SMILES string of the molecule is CCOc1ccc(-c2cncc(C(=O)NCCc3cc(OC)ccc3F)n2)cn1. The topological polar surface area (TPSA) is 86.2 Å². The van der Waals surface area contributed by atoms with Crippen LogP contribution in [0.25, 0.3) is 11.3 Å². The summed E-state index contributed by atoms with van der Waals surface area (Å²) >= 11 is 0. The predicted molar refractivity (Wildman–Crippen MR) is 105 cm³/mol. The highest BCUT2D eigenvalue weighted by molar-refractivity contribution is 5.92. The molecule has 0 radical (unpaired) electrons. The average Bonchev–Trinajstić information content (AvgIpc) is 2.76. The molecule has 0 spiro atoms. The largest absolute Gasteiger partial charge is 0.497 e. The minimum absolute atomic E-state index is 0.169. The molecule has 0 saturated heterocycles. The second-order valence-corrected chi connectivity index (χ2v) is 6.07. The van der Waals surface area contributed by atoms with E-state index in [2.05, 4.69) is 20.3 Å². The van der Waals surface area contributed by atoms with Crippen molar-refractivity contribution < 1.29 is 18.7 Å². The smallest absolute Gasteiger partial charge is 0.271 e. The van der Waals surface area contributed by atoms with Crippen LogP contribution < -0.4 is 14.8 Å². The van der Waals surface area contributed by atoms with E-state index < -0.39 is 0 Å². The highest BCUT2D eigenvalue weighted by Crippen LogP contribution is 2.18. The van der Waals surface area contributed by atoms with Crippen molar-refractivity contribution in [2.24, 2.45) is 0 Å². The summed E-state index contributed by atoms with van der Waals surface area (Å²) in [6.45, 7) is 2.66. The maximum atomic E-state index is 13.9. The van der Waals surface area contributed by atoms with Crippen LogP contribution in [-0.2, 0) is 6.42 Å². The van der Waals surface area contributed by atoms with Crippen molar-refractivity contribution in [2.75, 3.05) is 20.3 Å². The minimum Gasteiger partial charge on any atom is -0.497 e. The number of carbonyl (C=O) groups is 1. The first-order valence-corrected chi connectivity index (χ1v) is 9.12. The monoisotopic (exact) mass is 396 g/mol. The van der Waals surface area contributed by atoms with Gasteiger partial charge in [0.2, 0.25) is 5.88 Å². The number of halogens is 1. The van der Waals surface area contributed by atoms with Gasteiger partial charge in [0.25, 0.3) is 5.91 Å². The number of pyridine rings is 1. The van der Waals surface area contributed by atoms with Gasteiger partial charge >= 0.3 is 0 Å². The van der Waals surface area contributed by atoms with Crippen molar-refractivity contribution in [3.63, 3.8) is 0 Å². The zero-order valence-corrected chi connectivity index (χ0v) is 16.2. The highest BCUT2D eigenvalue weighted by atomic mass is 19.1. The van der Waals surface area contributed by atoms with Crippen LogP contribution in [0.3, 0.4) is 0 Å². The Morgan fingerprint density at radius 3 is 2.76 bits per heavy atom. The Balaban J connectivity index is 1.63. The molecular formula is C21H21FN4O3. The van der Waals surface area contributed by atoms with Gasteiger partial charge in [-0.05, 0) is 43.2 Å². The third-order valence-electron chi connectivity index (χ3n) is 4.12. The molecule has 3 rings (SSSR count). The van der Waals surface area contributed by atoms with E-state index in [4.69, 9.17) is 9.47 Å². The molecule has 150 valence electrons. The Morgan fingerprint density at radius 1 is 1.17 bits per heavy atom. The van der Waals surface area contributed by atoms with Crippen LogP contribution in [0.4, 0.5) is 4.39 Å². The fourth-order valence-corrected chi connectivity index (χ4v) is 2.65. The number of hydrogen-bond donors (Lipinski definition) is 1. The first kappa shape index (κ1) is 20.2. The van der Waals surface area contributed by atoms with Crippen molar-refractivity contribution in [1.29, 1.82) is 0 Å². The van der Waals surface area contributed by atoms with Crippen LogP contribution in [0.1, 0.15) is 23.0 Å². The predicted octanol–water partition coefficient (Wildman–Crippen LogP) is 3.06. The van der Waals surface area contributed by atoms with E-state index >= 15 is 0 Å². The molecule has 2 heterocycles. The molecule has 1 amide bonds. The van der Waals surface area contributed by atoms with E-state index in [0.29, 0.717) is 41.5 Å². The quantitative estimate of drug-likeness (QED) is 0.630. The summed E-state index contributed by atoms with van der Waals surface area (Å²) in [4.78, 5) is 25.0. The van der Waals surface area contributed by atoms with Gasteiger partial charge in [-0.2, -0.15) is 0 Å². The van der Waals surface area contributed by atoms with E-state index in [1.807, 2.05) is 6.92 Å². The average molecular weight is 396 g/mol. The van der Waals surface area contributed by atoms with Crippen LogP contribution in [0.5, 0.6) is 11.6 Å². The van der Waals surface area contributed by atoms with Gasteiger partial charge in [-0.25, -0.2) is 14.4 Å². The van der Waals surface area contributed by atoms with Gasteiger partial charge in [-0.1, -0.05) is 0 Å². The molecule has 1 N–H and O–H groups in total. The molecule has 0 atom stereocenters. The number of nitrogens with zero attached hydrogens (tertiary/aromatic N) is 3. The van der Waals surface area contributed by atoms with Crippen molar-refractivity contribution in [3.8, 4) is 22.9 Å². The molecular weight excluding hydrogens is 375 g/mol. The molecule has 0 unspecified atom stereocenters. The molecule has 8 heteroatoms. The summed E-state index contributed by atoms with van der Waals surface area (Å²) < 4.78 is 24.3. The van der Waals surface area contributed by atoms with Gasteiger partial charge in [0.1, 0.15) is 17.3 Å². The molecule has 0 fully saturated rings. The number of aromatic nitrogens is 3. The van der Waals surface area contributed by atoms with Gasteiger partial charge < -0.3 is 14.8 Å². The Morgan fingerprint density at radius 2 is 2.03 bits per heavy atom. The lowest BCUT2D eigenvalue weighted by atomic mass is 10.1. The van der Waals surface area contributed by atoms with Gasteiger partial charge in [0.05, 0.1) is 31.8 Å². The number of ether oxygens (including phenoxy) is 2. The molecule has 3 aromatic rings. The van der Waals surface area contributed by atoms with E-state index in [1.165, 1.54) is 19.4 Å². The van der Waals surface area contributed by atoms with E-state index in [1.54, 1.807) is 36.7 Å². The first-order valence-electron chi connectivity index (χ1n) is 9.12. The minimum atomic E-state index is -0.387. The van der Waals surface area contributed by atoms with Gasteiger partial charge in [0, 0.05) is 24.4 Å². The lowest BCUT2D eigenvalue weighted by Crippen LogP contribution is -2.27. The maximum absolute atomic E-state index is 13.9. The standard InChI is InChI=1S/C21H21FN4O3/c1-3-29-20-7-4-15(11-25-20)18-12-23-13-19(26-18)21(27)24-9-8-14-10-16(28-2)5-6-17(14)22/h4-7,10-13H,3,8-9H2,1-2H3,(H,24,27).